The average Bonchev–Trinajstić information content (AvgIpc) is 3.09. The monoisotopic (exact) mass is 241 g/mol. The van der Waals surface area contributed by atoms with Crippen molar-refractivity contribution in [3.05, 3.63) is 0 Å². The summed E-state index contributed by atoms with van der Waals surface area (Å²) < 4.78 is 0. The Balaban J connectivity index is 1.89. The Morgan fingerprint density at radius 2 is 1.71 bits per heavy atom. The molecule has 1 aliphatic rings. The topological polar surface area (TPSA) is 18.5 Å². The predicted molar refractivity (Wildman–Crippen MR) is 75.5 cm³/mol. The third-order valence-electron chi connectivity index (χ3n) is 3.44. The van der Waals surface area contributed by atoms with Crippen molar-refractivity contribution >= 4 is 0 Å². The van der Waals surface area contributed by atoms with E-state index in [0.29, 0.717) is 0 Å². The third-order valence-corrected chi connectivity index (χ3v) is 3.44. The summed E-state index contributed by atoms with van der Waals surface area (Å²) in [7, 11) is 4.31. The second kappa shape index (κ2) is 8.90. The van der Waals surface area contributed by atoms with Crippen LogP contribution in [0.2, 0.25) is 0 Å². The maximum atomic E-state index is 3.58. The molecule has 1 saturated carbocycles. The van der Waals surface area contributed by atoms with Gasteiger partial charge in [0, 0.05) is 6.04 Å². The molecule has 0 atom stereocenters. The highest BCUT2D eigenvalue weighted by Crippen LogP contribution is 2.18. The summed E-state index contributed by atoms with van der Waals surface area (Å²) in [5.41, 5.74) is 0. The number of nitrogens with one attached hydrogen (secondary N) is 1. The lowest BCUT2D eigenvalue weighted by Gasteiger charge is -2.21. The maximum absolute atomic E-state index is 3.58. The first-order chi connectivity index (χ1) is 8.22. The van der Waals surface area contributed by atoms with E-state index in [4.69, 9.17) is 0 Å². The molecule has 0 unspecified atom stereocenters. The fourth-order valence-corrected chi connectivity index (χ4v) is 2.09. The van der Waals surface area contributed by atoms with Crippen LogP contribution in [-0.2, 0) is 0 Å². The van der Waals surface area contributed by atoms with Gasteiger partial charge in [-0.2, -0.15) is 0 Å². The first-order valence-electron chi connectivity index (χ1n) is 7.33. The molecule has 17 heavy (non-hydrogen) atoms. The smallest absolute Gasteiger partial charge is 0.00682 e. The van der Waals surface area contributed by atoms with E-state index in [-0.39, 0.29) is 0 Å². The van der Waals surface area contributed by atoms with E-state index in [1.165, 1.54) is 64.8 Å². The average molecular weight is 241 g/mol. The van der Waals surface area contributed by atoms with Gasteiger partial charge in [0.15, 0.2) is 0 Å². The number of hydrogen-bond acceptors (Lipinski definition) is 3. The van der Waals surface area contributed by atoms with Gasteiger partial charge in [-0.15, -0.1) is 0 Å². The van der Waals surface area contributed by atoms with Crippen molar-refractivity contribution in [2.75, 3.05) is 46.8 Å². The third kappa shape index (κ3) is 8.58. The van der Waals surface area contributed by atoms with E-state index in [1.807, 2.05) is 0 Å². The molecule has 102 valence electrons. The number of rotatable bonds is 11. The minimum atomic E-state index is 0.873. The highest BCUT2D eigenvalue weighted by Gasteiger charge is 2.19. The zero-order valence-electron chi connectivity index (χ0n) is 12.0. The molecule has 0 heterocycles. The Morgan fingerprint density at radius 1 is 1.00 bits per heavy atom. The second-order valence-corrected chi connectivity index (χ2v) is 5.53. The van der Waals surface area contributed by atoms with Crippen LogP contribution in [0.3, 0.4) is 0 Å². The first kappa shape index (κ1) is 14.9. The van der Waals surface area contributed by atoms with E-state index in [9.17, 15) is 0 Å². The van der Waals surface area contributed by atoms with Gasteiger partial charge in [-0.25, -0.2) is 0 Å². The van der Waals surface area contributed by atoms with Crippen molar-refractivity contribution in [3.63, 3.8) is 0 Å². The lowest BCUT2D eigenvalue weighted by atomic mass is 10.2. The van der Waals surface area contributed by atoms with Gasteiger partial charge in [0.1, 0.15) is 0 Å². The molecule has 0 amide bonds. The normalized spacial score (nSPS) is 16.1. The van der Waals surface area contributed by atoms with E-state index in [1.54, 1.807) is 0 Å². The molecule has 0 bridgehead atoms. The molecule has 0 saturated heterocycles. The van der Waals surface area contributed by atoms with Crippen LogP contribution in [0, 0.1) is 0 Å². The lowest BCUT2D eigenvalue weighted by molar-refractivity contribution is 0.261. The first-order valence-corrected chi connectivity index (χ1v) is 7.33. The maximum Gasteiger partial charge on any atom is 0.00682 e. The van der Waals surface area contributed by atoms with Crippen molar-refractivity contribution in [1.82, 2.24) is 15.1 Å². The van der Waals surface area contributed by atoms with Crippen LogP contribution in [-0.4, -0.2) is 62.7 Å². The predicted octanol–water partition coefficient (Wildman–Crippen LogP) is 1.79. The van der Waals surface area contributed by atoms with Crippen molar-refractivity contribution < 1.29 is 0 Å². The number of unbranched alkanes of at least 4 members (excludes halogenated alkanes) is 1. The van der Waals surface area contributed by atoms with E-state index in [0.717, 1.165) is 6.04 Å². The van der Waals surface area contributed by atoms with Crippen molar-refractivity contribution in [2.24, 2.45) is 0 Å². The Bertz CT molecular complexity index is 178. The van der Waals surface area contributed by atoms with Crippen LogP contribution in [0.25, 0.3) is 0 Å². The summed E-state index contributed by atoms with van der Waals surface area (Å²) in [6.45, 7) is 8.43. The van der Waals surface area contributed by atoms with Crippen LogP contribution in [0.15, 0.2) is 0 Å². The van der Waals surface area contributed by atoms with E-state index in [2.05, 4.69) is 36.1 Å². The van der Waals surface area contributed by atoms with Gasteiger partial charge in [0.2, 0.25) is 0 Å². The van der Waals surface area contributed by atoms with Crippen LogP contribution in [0.4, 0.5) is 0 Å². The van der Waals surface area contributed by atoms with Gasteiger partial charge < -0.3 is 15.1 Å². The molecule has 3 nitrogen and oxygen atoms in total. The SMILES string of the molecule is CCN(CCCCNC1CC1)CCCN(C)C. The zero-order valence-corrected chi connectivity index (χ0v) is 12.0. The Labute approximate surface area is 108 Å². The summed E-state index contributed by atoms with van der Waals surface area (Å²) in [6, 6.07) is 0.873. The van der Waals surface area contributed by atoms with Crippen molar-refractivity contribution in [1.29, 1.82) is 0 Å². The van der Waals surface area contributed by atoms with Crippen LogP contribution < -0.4 is 5.32 Å². The van der Waals surface area contributed by atoms with Gasteiger partial charge in [0.25, 0.3) is 0 Å². The highest BCUT2D eigenvalue weighted by molar-refractivity contribution is 4.80. The van der Waals surface area contributed by atoms with E-state index < -0.39 is 0 Å². The van der Waals surface area contributed by atoms with Crippen molar-refractivity contribution in [3.8, 4) is 0 Å². The van der Waals surface area contributed by atoms with Gasteiger partial charge in [-0.05, 0) is 78.9 Å². The van der Waals surface area contributed by atoms with Crippen LogP contribution >= 0.6 is 0 Å². The van der Waals surface area contributed by atoms with Gasteiger partial charge in [-0.3, -0.25) is 0 Å². The standard InChI is InChI=1S/C14H31N3/c1-4-17(13-7-11-16(2)3)12-6-5-10-15-14-8-9-14/h14-15H,4-13H2,1-3H3. The van der Waals surface area contributed by atoms with Gasteiger partial charge in [0.05, 0.1) is 0 Å². The second-order valence-electron chi connectivity index (χ2n) is 5.53. The quantitative estimate of drug-likeness (QED) is 0.556. The van der Waals surface area contributed by atoms with Gasteiger partial charge in [-0.1, -0.05) is 6.92 Å². The Kier molecular flexibility index (Phi) is 7.82. The van der Waals surface area contributed by atoms with Gasteiger partial charge >= 0.3 is 0 Å². The summed E-state index contributed by atoms with van der Waals surface area (Å²) in [5.74, 6) is 0. The molecule has 3 heteroatoms. The summed E-state index contributed by atoms with van der Waals surface area (Å²) in [5, 5.41) is 3.58. The minimum absolute atomic E-state index is 0.873. The summed E-state index contributed by atoms with van der Waals surface area (Å²) in [4.78, 5) is 4.86. The molecule has 1 rings (SSSR count). The highest BCUT2D eigenvalue weighted by atomic mass is 15.1. The Hall–Kier alpha value is -0.120. The summed E-state index contributed by atoms with van der Waals surface area (Å²) in [6.07, 6.45) is 6.79. The molecule has 0 radical (unpaired) electrons. The zero-order chi connectivity index (χ0) is 12.5. The Morgan fingerprint density at radius 3 is 2.29 bits per heavy atom. The molecule has 0 aromatic carbocycles. The fourth-order valence-electron chi connectivity index (χ4n) is 2.09. The summed E-state index contributed by atoms with van der Waals surface area (Å²) >= 11 is 0. The molecule has 1 N–H and O–H groups in total. The lowest BCUT2D eigenvalue weighted by Crippen LogP contribution is -2.29. The molecule has 0 aromatic rings. The molecular weight excluding hydrogens is 210 g/mol. The number of hydrogen-bond donors (Lipinski definition) is 1. The molecular formula is C14H31N3. The van der Waals surface area contributed by atoms with Crippen LogP contribution in [0.5, 0.6) is 0 Å². The van der Waals surface area contributed by atoms with E-state index >= 15 is 0 Å². The number of nitrogens with zero attached hydrogens (tertiary/aromatic N) is 2. The van der Waals surface area contributed by atoms with Crippen LogP contribution in [0.1, 0.15) is 39.0 Å². The van der Waals surface area contributed by atoms with Crippen molar-refractivity contribution in [2.45, 2.75) is 45.1 Å². The molecule has 0 aromatic heterocycles. The molecule has 0 spiro atoms. The molecule has 0 aliphatic heterocycles. The largest absolute Gasteiger partial charge is 0.314 e. The minimum Gasteiger partial charge on any atom is -0.314 e. The fraction of sp³-hybridized carbons (Fsp3) is 1.00. The molecule has 1 fully saturated rings. The molecule has 1 aliphatic carbocycles.